The van der Waals surface area contributed by atoms with Crippen molar-refractivity contribution < 1.29 is 14.3 Å². The molecule has 6 nitrogen and oxygen atoms in total. The third kappa shape index (κ3) is 5.05. The maximum atomic E-state index is 11.7. The van der Waals surface area contributed by atoms with Crippen LogP contribution in [0.15, 0.2) is 104 Å². The van der Waals surface area contributed by atoms with Gasteiger partial charge in [0, 0.05) is 18.3 Å². The van der Waals surface area contributed by atoms with Gasteiger partial charge in [-0.25, -0.2) is 4.98 Å². The van der Waals surface area contributed by atoms with Crippen LogP contribution in [0, 0.1) is 0 Å². The second kappa shape index (κ2) is 9.66. The highest BCUT2D eigenvalue weighted by Gasteiger charge is 2.16. The topological polar surface area (TPSA) is 86.5 Å². The molecule has 1 aromatic heterocycles. The molecule has 0 aliphatic heterocycles. The molecule has 1 unspecified atom stereocenters. The largest absolute Gasteiger partial charge is 0.486 e. The molecule has 32 heavy (non-hydrogen) atoms. The highest BCUT2D eigenvalue weighted by Crippen LogP contribution is 2.36. The minimum Gasteiger partial charge on any atom is -0.486 e. The van der Waals surface area contributed by atoms with Crippen LogP contribution in [0.1, 0.15) is 6.42 Å². The molecule has 2 aromatic carbocycles. The molecule has 1 aliphatic carbocycles. The van der Waals surface area contributed by atoms with E-state index in [1.807, 2.05) is 66.8 Å². The Balaban J connectivity index is 1.52. The van der Waals surface area contributed by atoms with Gasteiger partial charge in [0.2, 0.25) is 5.91 Å². The molecule has 160 valence electrons. The number of rotatable bonds is 7. The van der Waals surface area contributed by atoms with E-state index in [0.717, 1.165) is 11.3 Å². The zero-order valence-corrected chi connectivity index (χ0v) is 17.4. The van der Waals surface area contributed by atoms with Gasteiger partial charge >= 0.3 is 0 Å². The zero-order valence-electron chi connectivity index (χ0n) is 17.4. The van der Waals surface area contributed by atoms with Crippen molar-refractivity contribution in [2.24, 2.45) is 0 Å². The maximum Gasteiger partial charge on any atom is 0.247 e. The van der Waals surface area contributed by atoms with E-state index < -0.39 is 0 Å². The summed E-state index contributed by atoms with van der Waals surface area (Å²) < 4.78 is 12.1. The van der Waals surface area contributed by atoms with Gasteiger partial charge in [-0.15, -0.1) is 0 Å². The minimum absolute atomic E-state index is 0.0584. The Bertz CT molecular complexity index is 1190. The van der Waals surface area contributed by atoms with Gasteiger partial charge in [0.25, 0.3) is 0 Å². The van der Waals surface area contributed by atoms with E-state index >= 15 is 0 Å². The second-order valence-corrected chi connectivity index (χ2v) is 7.12. The van der Waals surface area contributed by atoms with E-state index in [4.69, 9.17) is 15.2 Å². The highest BCUT2D eigenvalue weighted by atomic mass is 16.5. The normalized spacial score (nSPS) is 14.9. The van der Waals surface area contributed by atoms with Gasteiger partial charge < -0.3 is 20.5 Å². The van der Waals surface area contributed by atoms with E-state index in [-0.39, 0.29) is 12.0 Å². The van der Waals surface area contributed by atoms with Crippen LogP contribution >= 0.6 is 0 Å². The first-order valence-corrected chi connectivity index (χ1v) is 10.2. The summed E-state index contributed by atoms with van der Waals surface area (Å²) in [6.45, 7) is 3.48. The van der Waals surface area contributed by atoms with Crippen molar-refractivity contribution in [3.63, 3.8) is 0 Å². The average molecular weight is 425 g/mol. The van der Waals surface area contributed by atoms with Crippen LogP contribution in [0.2, 0.25) is 0 Å². The van der Waals surface area contributed by atoms with Crippen LogP contribution in [0.3, 0.4) is 0 Å². The van der Waals surface area contributed by atoms with E-state index in [1.165, 1.54) is 6.08 Å². The van der Waals surface area contributed by atoms with Crippen LogP contribution in [-0.4, -0.2) is 17.0 Å². The standard InChI is InChI=1S/C26H23N3O3/c1-2-24(30)29-19-8-6-7-18(17-19)25-23(15-16-28-26(25)27)32-22-13-11-21(12-14-22)31-20-9-4-3-5-10-20/h2-11,13-17,21H,1,12H2,(H2,27,28)(H,29,30). The third-order valence-electron chi connectivity index (χ3n) is 4.83. The van der Waals surface area contributed by atoms with Crippen LogP contribution in [-0.2, 0) is 4.79 Å². The molecular formula is C26H23N3O3. The Kier molecular flexibility index (Phi) is 6.32. The van der Waals surface area contributed by atoms with Crippen LogP contribution in [0.25, 0.3) is 11.1 Å². The quantitative estimate of drug-likeness (QED) is 0.513. The maximum absolute atomic E-state index is 11.7. The van der Waals surface area contributed by atoms with Crippen LogP contribution in [0.5, 0.6) is 11.5 Å². The van der Waals surface area contributed by atoms with E-state index in [2.05, 4.69) is 16.9 Å². The van der Waals surface area contributed by atoms with Gasteiger partial charge in [0.15, 0.2) is 0 Å². The molecule has 3 N–H and O–H groups in total. The first kappa shape index (κ1) is 20.9. The number of amides is 1. The number of nitrogens with one attached hydrogen (secondary N) is 1. The Morgan fingerprint density at radius 3 is 2.75 bits per heavy atom. The smallest absolute Gasteiger partial charge is 0.247 e. The van der Waals surface area contributed by atoms with Crippen LogP contribution in [0.4, 0.5) is 11.5 Å². The van der Waals surface area contributed by atoms with Crippen LogP contribution < -0.4 is 20.5 Å². The molecule has 4 rings (SSSR count). The molecule has 1 atom stereocenters. The molecule has 0 fully saturated rings. The van der Waals surface area contributed by atoms with Crippen molar-refractivity contribution in [1.82, 2.24) is 4.98 Å². The second-order valence-electron chi connectivity index (χ2n) is 7.12. The molecule has 1 amide bonds. The Morgan fingerprint density at radius 2 is 2.00 bits per heavy atom. The number of anilines is 2. The van der Waals surface area contributed by atoms with Gasteiger partial charge in [-0.3, -0.25) is 4.79 Å². The number of pyridine rings is 1. The lowest BCUT2D eigenvalue weighted by Crippen LogP contribution is -2.16. The van der Waals surface area contributed by atoms with Crippen molar-refractivity contribution in [3.05, 3.63) is 104 Å². The number of nitrogen functional groups attached to an aromatic ring is 1. The van der Waals surface area contributed by atoms with Gasteiger partial charge in [-0.2, -0.15) is 0 Å². The van der Waals surface area contributed by atoms with Gasteiger partial charge in [-0.05, 0) is 60.2 Å². The molecule has 0 bridgehead atoms. The number of hydrogen-bond acceptors (Lipinski definition) is 5. The van der Waals surface area contributed by atoms with Crippen molar-refractivity contribution in [2.75, 3.05) is 11.1 Å². The van der Waals surface area contributed by atoms with Crippen molar-refractivity contribution in [1.29, 1.82) is 0 Å². The first-order chi connectivity index (χ1) is 15.6. The summed E-state index contributed by atoms with van der Waals surface area (Å²) in [7, 11) is 0. The lowest BCUT2D eigenvalue weighted by atomic mass is 10.0. The fourth-order valence-corrected chi connectivity index (χ4v) is 3.33. The summed E-state index contributed by atoms with van der Waals surface area (Å²) in [5, 5.41) is 2.75. The number of ether oxygens (including phenoxy) is 2. The lowest BCUT2D eigenvalue weighted by Gasteiger charge is -2.19. The van der Waals surface area contributed by atoms with Crippen molar-refractivity contribution in [2.45, 2.75) is 12.5 Å². The number of carbonyl (C=O) groups is 1. The summed E-state index contributed by atoms with van der Waals surface area (Å²) in [5.41, 5.74) is 8.24. The molecule has 0 spiro atoms. The highest BCUT2D eigenvalue weighted by molar-refractivity contribution is 5.99. The predicted octanol–water partition coefficient (Wildman–Crippen LogP) is 5.13. The van der Waals surface area contributed by atoms with E-state index in [1.54, 1.807) is 18.3 Å². The number of para-hydroxylation sites is 1. The SMILES string of the molecule is C=CC(=O)Nc1cccc(-c2c(OC3=CCC(Oc4ccccc4)C=C3)ccnc2N)c1. The molecule has 1 heterocycles. The summed E-state index contributed by atoms with van der Waals surface area (Å²) in [6, 6.07) is 18.8. The summed E-state index contributed by atoms with van der Waals surface area (Å²) in [6.07, 6.45) is 9.28. The molecule has 0 saturated heterocycles. The molecule has 0 saturated carbocycles. The van der Waals surface area contributed by atoms with Gasteiger partial charge in [-0.1, -0.05) is 36.9 Å². The number of hydrogen-bond donors (Lipinski definition) is 2. The zero-order chi connectivity index (χ0) is 22.3. The first-order valence-electron chi connectivity index (χ1n) is 10.2. The molecular weight excluding hydrogens is 402 g/mol. The van der Waals surface area contributed by atoms with Crippen molar-refractivity contribution in [3.8, 4) is 22.6 Å². The lowest BCUT2D eigenvalue weighted by molar-refractivity contribution is -0.111. The summed E-state index contributed by atoms with van der Waals surface area (Å²) >= 11 is 0. The number of nitrogens with zero attached hydrogens (tertiary/aromatic N) is 1. The fraction of sp³-hybridized carbons (Fsp3) is 0.0769. The molecule has 3 aromatic rings. The molecule has 1 aliphatic rings. The number of allylic oxidation sites excluding steroid dienone is 1. The number of benzene rings is 2. The predicted molar refractivity (Wildman–Crippen MR) is 126 cm³/mol. The Morgan fingerprint density at radius 1 is 1.16 bits per heavy atom. The fourth-order valence-electron chi connectivity index (χ4n) is 3.33. The molecule has 0 radical (unpaired) electrons. The Labute approximate surface area is 186 Å². The minimum atomic E-state index is -0.289. The third-order valence-corrected chi connectivity index (χ3v) is 4.83. The number of aromatic nitrogens is 1. The van der Waals surface area contributed by atoms with E-state index in [0.29, 0.717) is 35.0 Å². The van der Waals surface area contributed by atoms with Gasteiger partial charge in [0.1, 0.15) is 29.2 Å². The molecule has 6 heteroatoms. The summed E-state index contributed by atoms with van der Waals surface area (Å²) in [5.74, 6) is 2.14. The number of nitrogens with two attached hydrogens (primary N) is 1. The van der Waals surface area contributed by atoms with Crippen molar-refractivity contribution >= 4 is 17.4 Å². The Hall–Kier alpha value is -4.32. The average Bonchev–Trinajstić information content (AvgIpc) is 2.81. The number of carbonyl (C=O) groups excluding carboxylic acids is 1. The van der Waals surface area contributed by atoms with Gasteiger partial charge in [0.05, 0.1) is 5.56 Å². The summed E-state index contributed by atoms with van der Waals surface area (Å²) in [4.78, 5) is 15.9. The monoisotopic (exact) mass is 425 g/mol. The van der Waals surface area contributed by atoms with E-state index in [9.17, 15) is 4.79 Å².